The largest absolute Gasteiger partial charge is 0.504 e. The molecule has 0 unspecified atom stereocenters. The lowest BCUT2D eigenvalue weighted by molar-refractivity contribution is 0.302. The second kappa shape index (κ2) is 6.50. The second-order valence-electron chi connectivity index (χ2n) is 8.50. The lowest BCUT2D eigenvalue weighted by Crippen LogP contribution is -2.36. The predicted octanol–water partition coefficient (Wildman–Crippen LogP) is 5.40. The van der Waals surface area contributed by atoms with Crippen LogP contribution >= 0.6 is 11.3 Å². The molecule has 0 spiro atoms. The Morgan fingerprint density at radius 2 is 1.96 bits per heavy atom. The number of aromatic hydroxyl groups is 1. The summed E-state index contributed by atoms with van der Waals surface area (Å²) in [4.78, 5) is 5.74. The third-order valence-electron chi connectivity index (χ3n) is 4.14. The molecule has 0 aliphatic rings. The number of anilines is 1. The summed E-state index contributed by atoms with van der Waals surface area (Å²) in [6.45, 7) is 11.2. The van der Waals surface area contributed by atoms with E-state index in [0.29, 0.717) is 5.75 Å². The van der Waals surface area contributed by atoms with Crippen molar-refractivity contribution in [2.75, 3.05) is 12.4 Å². The molecule has 5 nitrogen and oxygen atoms in total. The number of benzene rings is 1. The van der Waals surface area contributed by atoms with Crippen LogP contribution in [0.5, 0.6) is 11.5 Å². The van der Waals surface area contributed by atoms with Crippen LogP contribution in [0.25, 0.3) is 16.2 Å². The van der Waals surface area contributed by atoms with Gasteiger partial charge in [-0.1, -0.05) is 20.8 Å². The number of imidazole rings is 1. The predicted molar refractivity (Wildman–Crippen MR) is 108 cm³/mol. The molecule has 0 saturated heterocycles. The zero-order valence-electron chi connectivity index (χ0n) is 16.3. The van der Waals surface area contributed by atoms with E-state index in [1.54, 1.807) is 24.5 Å². The normalized spacial score (nSPS) is 12.5. The molecular formula is C20H27N3O2S. The Kier molecular flexibility index (Phi) is 4.65. The molecule has 140 valence electrons. The number of fused-ring (bicyclic) bond motifs is 1. The van der Waals surface area contributed by atoms with Crippen molar-refractivity contribution in [1.29, 1.82) is 0 Å². The molecule has 3 rings (SSSR count). The van der Waals surface area contributed by atoms with Crippen LogP contribution in [0.3, 0.4) is 0 Å². The lowest BCUT2D eigenvalue weighted by Gasteiger charge is -2.34. The van der Waals surface area contributed by atoms with Gasteiger partial charge in [0.05, 0.1) is 7.11 Å². The second-order valence-corrected chi connectivity index (χ2v) is 9.37. The van der Waals surface area contributed by atoms with Crippen LogP contribution in [0.1, 0.15) is 41.0 Å². The van der Waals surface area contributed by atoms with Crippen LogP contribution in [0, 0.1) is 5.41 Å². The van der Waals surface area contributed by atoms with E-state index in [1.807, 2.05) is 23.7 Å². The summed E-state index contributed by atoms with van der Waals surface area (Å²) in [5.74, 6) is 1.53. The van der Waals surface area contributed by atoms with E-state index in [4.69, 9.17) is 9.72 Å². The average Bonchev–Trinajstić information content (AvgIpc) is 3.08. The number of thiazole rings is 1. The fraction of sp³-hybridized carbons (Fsp3) is 0.450. The first-order valence-corrected chi connectivity index (χ1v) is 9.59. The Labute approximate surface area is 158 Å². The molecule has 2 aromatic heterocycles. The summed E-state index contributed by atoms with van der Waals surface area (Å²) in [7, 11) is 1.55. The maximum Gasteiger partial charge on any atom is 0.195 e. The smallest absolute Gasteiger partial charge is 0.195 e. The van der Waals surface area contributed by atoms with Gasteiger partial charge in [-0.15, -0.1) is 11.3 Å². The molecule has 0 atom stereocenters. The van der Waals surface area contributed by atoms with E-state index >= 15 is 0 Å². The van der Waals surface area contributed by atoms with Gasteiger partial charge < -0.3 is 15.2 Å². The number of ether oxygens (including phenoxy) is 1. The maximum absolute atomic E-state index is 9.90. The Morgan fingerprint density at radius 3 is 2.62 bits per heavy atom. The highest BCUT2D eigenvalue weighted by molar-refractivity contribution is 7.15. The minimum absolute atomic E-state index is 0.105. The average molecular weight is 374 g/mol. The number of hydrogen-bond acceptors (Lipinski definition) is 5. The Balaban J connectivity index is 2.07. The zero-order chi connectivity index (χ0) is 19.1. The van der Waals surface area contributed by atoms with Crippen molar-refractivity contribution < 1.29 is 9.84 Å². The van der Waals surface area contributed by atoms with Crippen molar-refractivity contribution >= 4 is 22.1 Å². The monoisotopic (exact) mass is 373 g/mol. The summed E-state index contributed by atoms with van der Waals surface area (Å²) in [5, 5.41) is 15.6. The van der Waals surface area contributed by atoms with Gasteiger partial charge in [0.2, 0.25) is 0 Å². The Hall–Kier alpha value is -2.21. The number of phenolic OH excluding ortho intramolecular Hbond substituents is 1. The molecule has 0 radical (unpaired) electrons. The van der Waals surface area contributed by atoms with Gasteiger partial charge in [0, 0.05) is 22.7 Å². The van der Waals surface area contributed by atoms with Gasteiger partial charge >= 0.3 is 0 Å². The molecule has 6 heteroatoms. The zero-order valence-corrected chi connectivity index (χ0v) is 17.1. The highest BCUT2D eigenvalue weighted by atomic mass is 32.1. The van der Waals surface area contributed by atoms with Crippen LogP contribution in [0.15, 0.2) is 29.8 Å². The number of nitrogens with one attached hydrogen (secondary N) is 1. The molecule has 0 aliphatic heterocycles. The van der Waals surface area contributed by atoms with Gasteiger partial charge in [-0.2, -0.15) is 0 Å². The quantitative estimate of drug-likeness (QED) is 0.628. The van der Waals surface area contributed by atoms with Gasteiger partial charge in [-0.25, -0.2) is 4.98 Å². The molecule has 26 heavy (non-hydrogen) atoms. The van der Waals surface area contributed by atoms with Crippen molar-refractivity contribution in [2.45, 2.75) is 46.6 Å². The first-order valence-electron chi connectivity index (χ1n) is 8.71. The topological polar surface area (TPSA) is 58.8 Å². The standard InChI is InChI=1S/C20H27N3O2S/c1-19(2,3)12-20(4,5)22-17-16(21-18-23(17)9-10-26-18)13-7-8-14(24)15(11-13)25-6/h7-11,22,24H,12H2,1-6H3. The van der Waals surface area contributed by atoms with Crippen molar-refractivity contribution in [3.63, 3.8) is 0 Å². The third kappa shape index (κ3) is 3.80. The van der Waals surface area contributed by atoms with E-state index in [0.717, 1.165) is 28.5 Å². The molecule has 2 heterocycles. The first kappa shape index (κ1) is 18.6. The SMILES string of the molecule is COc1cc(-c2nc3sccn3c2NC(C)(C)CC(C)(C)C)ccc1O. The minimum atomic E-state index is -0.105. The fourth-order valence-electron chi connectivity index (χ4n) is 3.62. The molecule has 0 amide bonds. The molecule has 2 N–H and O–H groups in total. The van der Waals surface area contributed by atoms with E-state index in [-0.39, 0.29) is 16.7 Å². The third-order valence-corrected chi connectivity index (χ3v) is 4.90. The highest BCUT2D eigenvalue weighted by Crippen LogP contribution is 2.38. The molecule has 0 aliphatic carbocycles. The Bertz CT molecular complexity index is 919. The summed E-state index contributed by atoms with van der Waals surface area (Å²) in [6, 6.07) is 5.33. The molecular weight excluding hydrogens is 346 g/mol. The van der Waals surface area contributed by atoms with E-state index in [2.05, 4.69) is 44.3 Å². The minimum Gasteiger partial charge on any atom is -0.504 e. The summed E-state index contributed by atoms with van der Waals surface area (Å²) in [6.07, 6.45) is 3.04. The van der Waals surface area contributed by atoms with E-state index < -0.39 is 0 Å². The van der Waals surface area contributed by atoms with Crippen molar-refractivity contribution in [2.24, 2.45) is 5.41 Å². The van der Waals surface area contributed by atoms with E-state index in [9.17, 15) is 5.11 Å². The van der Waals surface area contributed by atoms with Crippen LogP contribution in [0.2, 0.25) is 0 Å². The van der Waals surface area contributed by atoms with Crippen molar-refractivity contribution in [1.82, 2.24) is 9.38 Å². The number of nitrogens with zero attached hydrogens (tertiary/aromatic N) is 2. The number of phenols is 1. The molecule has 1 aromatic carbocycles. The lowest BCUT2D eigenvalue weighted by atomic mass is 9.82. The van der Waals surface area contributed by atoms with Crippen LogP contribution in [-0.2, 0) is 0 Å². The number of methoxy groups -OCH3 is 1. The van der Waals surface area contributed by atoms with Gasteiger partial charge in [-0.05, 0) is 43.9 Å². The molecule has 0 saturated carbocycles. The molecule has 0 bridgehead atoms. The first-order chi connectivity index (χ1) is 12.1. The highest BCUT2D eigenvalue weighted by Gasteiger charge is 2.28. The van der Waals surface area contributed by atoms with Crippen LogP contribution in [0.4, 0.5) is 5.82 Å². The van der Waals surface area contributed by atoms with Crippen molar-refractivity contribution in [3.8, 4) is 22.8 Å². The van der Waals surface area contributed by atoms with Gasteiger partial charge in [-0.3, -0.25) is 4.40 Å². The van der Waals surface area contributed by atoms with Gasteiger partial charge in [0.1, 0.15) is 11.5 Å². The van der Waals surface area contributed by atoms with E-state index in [1.165, 1.54) is 0 Å². The number of hydrogen-bond donors (Lipinski definition) is 2. The Morgan fingerprint density at radius 1 is 1.23 bits per heavy atom. The fourth-order valence-corrected chi connectivity index (χ4v) is 4.34. The molecule has 0 fully saturated rings. The van der Waals surface area contributed by atoms with Gasteiger partial charge in [0.15, 0.2) is 16.5 Å². The maximum atomic E-state index is 9.90. The summed E-state index contributed by atoms with van der Waals surface area (Å²) < 4.78 is 7.35. The summed E-state index contributed by atoms with van der Waals surface area (Å²) in [5.41, 5.74) is 1.87. The summed E-state index contributed by atoms with van der Waals surface area (Å²) >= 11 is 1.60. The molecule has 3 aromatic rings. The van der Waals surface area contributed by atoms with Crippen LogP contribution < -0.4 is 10.1 Å². The van der Waals surface area contributed by atoms with Gasteiger partial charge in [0.25, 0.3) is 0 Å². The van der Waals surface area contributed by atoms with Crippen LogP contribution in [-0.4, -0.2) is 27.1 Å². The number of aromatic nitrogens is 2. The van der Waals surface area contributed by atoms with Crippen molar-refractivity contribution in [3.05, 3.63) is 29.8 Å². The number of rotatable bonds is 5.